The molecule has 6 nitrogen and oxygen atoms in total. The van der Waals surface area contributed by atoms with Crippen molar-refractivity contribution in [2.75, 3.05) is 0 Å². The van der Waals surface area contributed by atoms with E-state index in [0.717, 1.165) is 4.88 Å². The van der Waals surface area contributed by atoms with Gasteiger partial charge in [-0.25, -0.2) is 9.50 Å². The van der Waals surface area contributed by atoms with Gasteiger partial charge in [-0.15, -0.1) is 11.3 Å². The largest absolute Gasteiger partial charge is 0.393 e. The summed E-state index contributed by atoms with van der Waals surface area (Å²) in [7, 11) is 0. The van der Waals surface area contributed by atoms with Crippen LogP contribution in [0.15, 0.2) is 42.0 Å². The molecule has 118 valence electrons. The number of aliphatic hydroxyl groups is 1. The van der Waals surface area contributed by atoms with Crippen molar-refractivity contribution >= 4 is 22.9 Å². The second-order valence-electron chi connectivity index (χ2n) is 5.79. The third kappa shape index (κ3) is 2.62. The first-order valence-electron chi connectivity index (χ1n) is 7.53. The molecule has 1 aliphatic carbocycles. The summed E-state index contributed by atoms with van der Waals surface area (Å²) >= 11 is 1.62. The SMILES string of the molecule is O=C(N[C@@H](c1cccs1)C1CC(O)C1)c1cnc2cccnn12. The standard InChI is InChI=1S/C16H16N4O2S/c21-11-7-10(8-11)15(13-3-2-6-23-13)19-16(22)12-9-17-14-4-1-5-18-20(12)14/h1-6,9-11,15,21H,7-8H2,(H,19,22)/t10?,11?,15-/m1/s1. The summed E-state index contributed by atoms with van der Waals surface area (Å²) in [4.78, 5) is 18.0. The summed E-state index contributed by atoms with van der Waals surface area (Å²) in [6.07, 6.45) is 4.35. The Morgan fingerprint density at radius 3 is 3.00 bits per heavy atom. The maximum Gasteiger partial charge on any atom is 0.272 e. The molecule has 0 aliphatic heterocycles. The Labute approximate surface area is 136 Å². The van der Waals surface area contributed by atoms with Crippen molar-refractivity contribution in [3.8, 4) is 0 Å². The second-order valence-corrected chi connectivity index (χ2v) is 6.77. The van der Waals surface area contributed by atoms with Gasteiger partial charge < -0.3 is 10.4 Å². The third-order valence-electron chi connectivity index (χ3n) is 4.27. The average Bonchev–Trinajstić information content (AvgIpc) is 3.18. The predicted molar refractivity (Wildman–Crippen MR) is 86.2 cm³/mol. The number of aliphatic hydroxyl groups excluding tert-OH is 1. The van der Waals surface area contributed by atoms with Gasteiger partial charge in [0.2, 0.25) is 0 Å². The summed E-state index contributed by atoms with van der Waals surface area (Å²) in [5.41, 5.74) is 1.06. The van der Waals surface area contributed by atoms with E-state index in [0.29, 0.717) is 24.2 Å². The van der Waals surface area contributed by atoms with E-state index in [1.165, 1.54) is 4.52 Å². The van der Waals surface area contributed by atoms with Gasteiger partial charge in [0.25, 0.3) is 5.91 Å². The van der Waals surface area contributed by atoms with E-state index < -0.39 is 0 Å². The van der Waals surface area contributed by atoms with Crippen LogP contribution in [0.1, 0.15) is 34.2 Å². The fraction of sp³-hybridized carbons (Fsp3) is 0.312. The zero-order valence-corrected chi connectivity index (χ0v) is 13.1. The second kappa shape index (κ2) is 5.75. The van der Waals surface area contributed by atoms with Crippen LogP contribution in [-0.4, -0.2) is 31.7 Å². The molecule has 23 heavy (non-hydrogen) atoms. The van der Waals surface area contributed by atoms with E-state index in [4.69, 9.17) is 0 Å². The van der Waals surface area contributed by atoms with Gasteiger partial charge in [-0.3, -0.25) is 4.79 Å². The zero-order chi connectivity index (χ0) is 15.8. The van der Waals surface area contributed by atoms with Gasteiger partial charge in [0, 0.05) is 11.1 Å². The number of amides is 1. The van der Waals surface area contributed by atoms with Crippen molar-refractivity contribution < 1.29 is 9.90 Å². The Hall–Kier alpha value is -2.25. The van der Waals surface area contributed by atoms with Crippen LogP contribution in [0, 0.1) is 5.92 Å². The van der Waals surface area contributed by atoms with Crippen molar-refractivity contribution in [2.24, 2.45) is 5.92 Å². The highest BCUT2D eigenvalue weighted by Gasteiger charge is 2.36. The van der Waals surface area contributed by atoms with Gasteiger partial charge in [-0.1, -0.05) is 6.07 Å². The molecule has 3 aromatic heterocycles. The number of nitrogens with zero attached hydrogens (tertiary/aromatic N) is 3. The summed E-state index contributed by atoms with van der Waals surface area (Å²) in [5.74, 6) is 0.0655. The molecule has 1 fully saturated rings. The number of nitrogens with one attached hydrogen (secondary N) is 1. The Bertz CT molecular complexity index is 824. The van der Waals surface area contributed by atoms with Crippen molar-refractivity contribution in [3.63, 3.8) is 0 Å². The molecule has 7 heteroatoms. The van der Waals surface area contributed by atoms with E-state index in [9.17, 15) is 9.90 Å². The quantitative estimate of drug-likeness (QED) is 0.768. The molecular formula is C16H16N4O2S. The molecule has 0 radical (unpaired) electrons. The fourth-order valence-corrected chi connectivity index (χ4v) is 3.86. The normalized spacial score (nSPS) is 21.8. The summed E-state index contributed by atoms with van der Waals surface area (Å²) in [6.45, 7) is 0. The van der Waals surface area contributed by atoms with Crippen LogP contribution in [0.4, 0.5) is 0 Å². The lowest BCUT2D eigenvalue weighted by Crippen LogP contribution is -2.41. The summed E-state index contributed by atoms with van der Waals surface area (Å²) in [6, 6.07) is 7.51. The van der Waals surface area contributed by atoms with Crippen molar-refractivity contribution in [1.82, 2.24) is 19.9 Å². The van der Waals surface area contributed by atoms with Gasteiger partial charge in [-0.05, 0) is 42.3 Å². The van der Waals surface area contributed by atoms with Crippen LogP contribution < -0.4 is 5.32 Å². The van der Waals surface area contributed by atoms with Crippen molar-refractivity contribution in [2.45, 2.75) is 25.0 Å². The Morgan fingerprint density at radius 2 is 2.26 bits per heavy atom. The van der Waals surface area contributed by atoms with Crippen LogP contribution in [0.3, 0.4) is 0 Å². The number of carbonyl (C=O) groups is 1. The lowest BCUT2D eigenvalue weighted by molar-refractivity contribution is 0.0240. The number of rotatable bonds is 4. The highest BCUT2D eigenvalue weighted by Crippen LogP contribution is 2.39. The molecule has 4 rings (SSSR count). The topological polar surface area (TPSA) is 79.5 Å². The third-order valence-corrected chi connectivity index (χ3v) is 5.22. The smallest absolute Gasteiger partial charge is 0.272 e. The summed E-state index contributed by atoms with van der Waals surface area (Å²) < 4.78 is 1.54. The van der Waals surface area contributed by atoms with Gasteiger partial charge in [0.1, 0.15) is 5.69 Å². The van der Waals surface area contributed by atoms with Crippen molar-refractivity contribution in [3.05, 3.63) is 52.6 Å². The molecule has 0 saturated heterocycles. The van der Waals surface area contributed by atoms with Crippen LogP contribution in [-0.2, 0) is 0 Å². The maximum absolute atomic E-state index is 12.7. The predicted octanol–water partition coefficient (Wildman–Crippen LogP) is 2.03. The number of carbonyl (C=O) groups excluding carboxylic acids is 1. The number of hydrogen-bond donors (Lipinski definition) is 2. The minimum absolute atomic E-state index is 0.0832. The highest BCUT2D eigenvalue weighted by atomic mass is 32.1. The first-order valence-corrected chi connectivity index (χ1v) is 8.41. The molecule has 1 saturated carbocycles. The molecule has 3 heterocycles. The molecule has 1 amide bonds. The van der Waals surface area contributed by atoms with E-state index >= 15 is 0 Å². The number of thiophene rings is 1. The van der Waals surface area contributed by atoms with Crippen LogP contribution in [0.2, 0.25) is 0 Å². The van der Waals surface area contributed by atoms with Crippen LogP contribution in [0.25, 0.3) is 5.65 Å². The van der Waals surface area contributed by atoms with E-state index in [1.54, 1.807) is 29.8 Å². The Kier molecular flexibility index (Phi) is 3.59. The van der Waals surface area contributed by atoms with E-state index in [1.807, 2.05) is 23.6 Å². The molecule has 0 spiro atoms. The van der Waals surface area contributed by atoms with Crippen molar-refractivity contribution in [1.29, 1.82) is 0 Å². The minimum atomic E-state index is -0.253. The molecule has 1 aliphatic rings. The Balaban J connectivity index is 1.60. The van der Waals surface area contributed by atoms with E-state index in [2.05, 4.69) is 15.4 Å². The maximum atomic E-state index is 12.7. The van der Waals surface area contributed by atoms with E-state index in [-0.39, 0.29) is 24.0 Å². The van der Waals surface area contributed by atoms with Crippen LogP contribution >= 0.6 is 11.3 Å². The first-order chi connectivity index (χ1) is 11.2. The monoisotopic (exact) mass is 328 g/mol. The Morgan fingerprint density at radius 1 is 1.39 bits per heavy atom. The first kappa shape index (κ1) is 14.3. The zero-order valence-electron chi connectivity index (χ0n) is 12.3. The molecule has 0 unspecified atom stereocenters. The summed E-state index contributed by atoms with van der Waals surface area (Å²) in [5, 5.41) is 18.9. The number of hydrogen-bond acceptors (Lipinski definition) is 5. The van der Waals surface area contributed by atoms with Gasteiger partial charge in [-0.2, -0.15) is 5.10 Å². The average molecular weight is 328 g/mol. The molecule has 3 aromatic rings. The number of imidazole rings is 1. The van der Waals surface area contributed by atoms with Gasteiger partial charge >= 0.3 is 0 Å². The molecular weight excluding hydrogens is 312 g/mol. The minimum Gasteiger partial charge on any atom is -0.393 e. The lowest BCUT2D eigenvalue weighted by Gasteiger charge is -2.37. The molecule has 0 aromatic carbocycles. The fourth-order valence-electron chi connectivity index (χ4n) is 2.99. The number of fused-ring (bicyclic) bond motifs is 1. The highest BCUT2D eigenvalue weighted by molar-refractivity contribution is 7.10. The molecule has 2 N–H and O–H groups in total. The number of aromatic nitrogens is 3. The molecule has 0 bridgehead atoms. The van der Waals surface area contributed by atoms with Crippen LogP contribution in [0.5, 0.6) is 0 Å². The lowest BCUT2D eigenvalue weighted by atomic mass is 9.76. The molecule has 1 atom stereocenters. The van der Waals surface area contributed by atoms with Gasteiger partial charge in [0.05, 0.1) is 18.3 Å². The van der Waals surface area contributed by atoms with Gasteiger partial charge in [0.15, 0.2) is 5.65 Å².